The standard InChI is InChI=1S/C12H12BrNO3S2/c1-8-2-3-10(13)5-11(8)14-19(16,17)12-4-9(6-15)7-18-12/h2-5,7,14-15H,6H2,1H3. The van der Waals surface area contributed by atoms with Crippen molar-refractivity contribution in [2.75, 3.05) is 4.72 Å². The van der Waals surface area contributed by atoms with Crippen molar-refractivity contribution >= 4 is 43.0 Å². The molecule has 0 fully saturated rings. The van der Waals surface area contributed by atoms with Crippen LogP contribution < -0.4 is 4.72 Å². The van der Waals surface area contributed by atoms with Gasteiger partial charge in [-0.3, -0.25) is 4.72 Å². The minimum absolute atomic E-state index is 0.165. The van der Waals surface area contributed by atoms with Gasteiger partial charge in [-0.05, 0) is 41.6 Å². The lowest BCUT2D eigenvalue weighted by Gasteiger charge is -2.09. The van der Waals surface area contributed by atoms with Crippen LogP contribution in [-0.2, 0) is 16.6 Å². The Bertz CT molecular complexity index is 695. The number of aryl methyl sites for hydroxylation is 1. The number of nitrogens with one attached hydrogen (secondary N) is 1. The second-order valence-corrected chi connectivity index (χ2v) is 7.73. The Morgan fingerprint density at radius 2 is 2.11 bits per heavy atom. The van der Waals surface area contributed by atoms with Gasteiger partial charge in [0.1, 0.15) is 4.21 Å². The van der Waals surface area contributed by atoms with Gasteiger partial charge in [-0.2, -0.15) is 0 Å². The topological polar surface area (TPSA) is 66.4 Å². The second-order valence-electron chi connectivity index (χ2n) is 4.00. The van der Waals surface area contributed by atoms with Gasteiger partial charge in [0.15, 0.2) is 0 Å². The summed E-state index contributed by atoms with van der Waals surface area (Å²) in [5, 5.41) is 10.6. The average Bonchev–Trinajstić information content (AvgIpc) is 2.83. The van der Waals surface area contributed by atoms with Gasteiger partial charge in [0.25, 0.3) is 10.0 Å². The van der Waals surface area contributed by atoms with Crippen LogP contribution in [0.2, 0.25) is 0 Å². The molecule has 4 nitrogen and oxygen atoms in total. The number of hydrogen-bond donors (Lipinski definition) is 2. The Morgan fingerprint density at radius 3 is 2.74 bits per heavy atom. The molecule has 7 heteroatoms. The molecule has 0 unspecified atom stereocenters. The largest absolute Gasteiger partial charge is 0.392 e. The van der Waals surface area contributed by atoms with Crippen LogP contribution in [0.3, 0.4) is 0 Å². The molecule has 0 atom stereocenters. The Kier molecular flexibility index (Phi) is 4.29. The second kappa shape index (κ2) is 5.62. The number of thiophene rings is 1. The number of sulfonamides is 1. The van der Waals surface area contributed by atoms with Crippen LogP contribution in [0.5, 0.6) is 0 Å². The molecule has 2 rings (SSSR count). The zero-order valence-corrected chi connectivity index (χ0v) is 13.3. The van der Waals surface area contributed by atoms with Gasteiger partial charge < -0.3 is 5.11 Å². The van der Waals surface area contributed by atoms with Crippen LogP contribution in [0.25, 0.3) is 0 Å². The minimum atomic E-state index is -3.61. The van der Waals surface area contributed by atoms with Crippen LogP contribution in [0, 0.1) is 6.92 Å². The van der Waals surface area contributed by atoms with Crippen molar-refractivity contribution in [1.82, 2.24) is 0 Å². The molecule has 0 bridgehead atoms. The highest BCUT2D eigenvalue weighted by Crippen LogP contribution is 2.26. The number of benzene rings is 1. The molecule has 0 saturated carbocycles. The summed E-state index contributed by atoms with van der Waals surface area (Å²) in [6.07, 6.45) is 0. The van der Waals surface area contributed by atoms with E-state index >= 15 is 0 Å². The first kappa shape index (κ1) is 14.5. The van der Waals surface area contributed by atoms with Crippen LogP contribution in [0.1, 0.15) is 11.1 Å². The third kappa shape index (κ3) is 3.36. The maximum atomic E-state index is 12.2. The van der Waals surface area contributed by atoms with Crippen molar-refractivity contribution in [2.24, 2.45) is 0 Å². The van der Waals surface area contributed by atoms with Crippen molar-refractivity contribution < 1.29 is 13.5 Å². The molecule has 0 aliphatic heterocycles. The molecule has 0 radical (unpaired) electrons. The molecule has 102 valence electrons. The average molecular weight is 362 g/mol. The summed E-state index contributed by atoms with van der Waals surface area (Å²) in [6.45, 7) is 1.67. The molecule has 2 N–H and O–H groups in total. The molecule has 1 aromatic carbocycles. The summed E-state index contributed by atoms with van der Waals surface area (Å²) >= 11 is 4.40. The van der Waals surface area contributed by atoms with Crippen LogP contribution in [0.4, 0.5) is 5.69 Å². The van der Waals surface area contributed by atoms with Crippen molar-refractivity contribution in [3.63, 3.8) is 0 Å². The van der Waals surface area contributed by atoms with Crippen molar-refractivity contribution in [3.05, 3.63) is 45.2 Å². The third-order valence-corrected chi connectivity index (χ3v) is 5.87. The number of hydrogen-bond acceptors (Lipinski definition) is 4. The van der Waals surface area contributed by atoms with E-state index in [0.717, 1.165) is 21.4 Å². The van der Waals surface area contributed by atoms with E-state index in [1.807, 2.05) is 19.1 Å². The van der Waals surface area contributed by atoms with Gasteiger partial charge >= 0.3 is 0 Å². The maximum absolute atomic E-state index is 12.2. The summed E-state index contributed by atoms with van der Waals surface area (Å²) in [5.74, 6) is 0. The van der Waals surface area contributed by atoms with Gasteiger partial charge in [-0.15, -0.1) is 11.3 Å². The van der Waals surface area contributed by atoms with E-state index in [0.29, 0.717) is 11.3 Å². The molecule has 0 aliphatic carbocycles. The van der Waals surface area contributed by atoms with E-state index in [-0.39, 0.29) is 10.8 Å². The molecular weight excluding hydrogens is 350 g/mol. The Morgan fingerprint density at radius 1 is 1.37 bits per heavy atom. The molecule has 1 aromatic heterocycles. The van der Waals surface area contributed by atoms with Crippen LogP contribution in [-0.4, -0.2) is 13.5 Å². The quantitative estimate of drug-likeness (QED) is 0.878. The zero-order chi connectivity index (χ0) is 14.0. The molecule has 0 aliphatic rings. The summed E-state index contributed by atoms with van der Waals surface area (Å²) in [5.41, 5.74) is 1.97. The zero-order valence-electron chi connectivity index (χ0n) is 10.1. The Hall–Kier alpha value is -0.890. The number of rotatable bonds is 4. The molecule has 2 aromatic rings. The molecule has 1 heterocycles. The first-order valence-electron chi connectivity index (χ1n) is 5.39. The number of aliphatic hydroxyl groups excluding tert-OH is 1. The predicted molar refractivity (Wildman–Crippen MR) is 79.9 cm³/mol. The Labute approximate surface area is 124 Å². The molecule has 0 amide bonds. The number of anilines is 1. The van der Waals surface area contributed by atoms with Gasteiger partial charge in [0, 0.05) is 4.47 Å². The van der Waals surface area contributed by atoms with Crippen molar-refractivity contribution in [2.45, 2.75) is 17.7 Å². The predicted octanol–water partition coefficient (Wildman–Crippen LogP) is 3.11. The highest BCUT2D eigenvalue weighted by molar-refractivity contribution is 9.10. The van der Waals surface area contributed by atoms with E-state index in [4.69, 9.17) is 5.11 Å². The highest BCUT2D eigenvalue weighted by Gasteiger charge is 2.17. The van der Waals surface area contributed by atoms with Gasteiger partial charge in [-0.1, -0.05) is 22.0 Å². The molecule has 0 spiro atoms. The number of halogens is 1. The lowest BCUT2D eigenvalue weighted by atomic mass is 10.2. The maximum Gasteiger partial charge on any atom is 0.271 e. The molecule has 19 heavy (non-hydrogen) atoms. The van der Waals surface area contributed by atoms with Crippen LogP contribution >= 0.6 is 27.3 Å². The van der Waals surface area contributed by atoms with E-state index in [1.54, 1.807) is 11.4 Å². The third-order valence-electron chi connectivity index (χ3n) is 2.52. The van der Waals surface area contributed by atoms with E-state index in [1.165, 1.54) is 6.07 Å². The normalized spacial score (nSPS) is 11.5. The SMILES string of the molecule is Cc1ccc(Br)cc1NS(=O)(=O)c1cc(CO)cs1. The summed E-state index contributed by atoms with van der Waals surface area (Å²) in [6, 6.07) is 6.87. The first-order valence-corrected chi connectivity index (χ1v) is 8.55. The summed E-state index contributed by atoms with van der Waals surface area (Å²) in [4.78, 5) is 0. The summed E-state index contributed by atoms with van der Waals surface area (Å²) in [7, 11) is -3.61. The highest BCUT2D eigenvalue weighted by atomic mass is 79.9. The van der Waals surface area contributed by atoms with Gasteiger partial charge in [-0.25, -0.2) is 8.42 Å². The van der Waals surface area contributed by atoms with E-state index in [9.17, 15) is 8.42 Å². The monoisotopic (exact) mass is 361 g/mol. The Balaban J connectivity index is 2.33. The molecule has 0 saturated heterocycles. The molecular formula is C12H12BrNO3S2. The smallest absolute Gasteiger partial charge is 0.271 e. The van der Waals surface area contributed by atoms with Gasteiger partial charge in [0.05, 0.1) is 12.3 Å². The lowest BCUT2D eigenvalue weighted by Crippen LogP contribution is -2.12. The number of aliphatic hydroxyl groups is 1. The first-order chi connectivity index (χ1) is 8.92. The van der Waals surface area contributed by atoms with Gasteiger partial charge in [0.2, 0.25) is 0 Å². The van der Waals surface area contributed by atoms with E-state index in [2.05, 4.69) is 20.7 Å². The fourth-order valence-corrected chi connectivity index (χ4v) is 4.16. The van der Waals surface area contributed by atoms with Crippen molar-refractivity contribution in [1.29, 1.82) is 0 Å². The lowest BCUT2D eigenvalue weighted by molar-refractivity contribution is 0.282. The fourth-order valence-electron chi connectivity index (χ4n) is 1.48. The van der Waals surface area contributed by atoms with Crippen LogP contribution in [0.15, 0.2) is 38.3 Å². The fraction of sp³-hybridized carbons (Fsp3) is 0.167. The minimum Gasteiger partial charge on any atom is -0.392 e. The van der Waals surface area contributed by atoms with Crippen molar-refractivity contribution in [3.8, 4) is 0 Å². The summed E-state index contributed by atoms with van der Waals surface area (Å²) < 4.78 is 27.9. The van der Waals surface area contributed by atoms with E-state index < -0.39 is 10.0 Å².